The number of piperidine rings is 1. The molecule has 2 N–H and O–H groups in total. The maximum Gasteiger partial charge on any atom is 0.215 e. The van der Waals surface area contributed by atoms with Gasteiger partial charge in [0.25, 0.3) is 0 Å². The van der Waals surface area contributed by atoms with Crippen LogP contribution in [0.3, 0.4) is 0 Å². The van der Waals surface area contributed by atoms with Crippen LogP contribution in [0.4, 0.5) is 0 Å². The summed E-state index contributed by atoms with van der Waals surface area (Å²) in [7, 11) is -1.43. The van der Waals surface area contributed by atoms with Gasteiger partial charge in [0.15, 0.2) is 5.96 Å². The van der Waals surface area contributed by atoms with E-state index in [9.17, 15) is 8.42 Å². The SMILES string of the molecule is CCCCN1CCC(NC(=NC)NCCS(=O)(=O)N2CCSCC2)CC1. The smallest absolute Gasteiger partial charge is 0.215 e. The van der Waals surface area contributed by atoms with Crippen LogP contribution in [0, 0.1) is 0 Å². The van der Waals surface area contributed by atoms with Crippen LogP contribution in [0.15, 0.2) is 4.99 Å². The maximum absolute atomic E-state index is 12.4. The van der Waals surface area contributed by atoms with Gasteiger partial charge in [-0.25, -0.2) is 12.7 Å². The number of aliphatic imine (C=N–C) groups is 1. The van der Waals surface area contributed by atoms with Crippen LogP contribution < -0.4 is 10.6 Å². The molecule has 2 heterocycles. The van der Waals surface area contributed by atoms with Crippen LogP contribution in [0.1, 0.15) is 32.6 Å². The van der Waals surface area contributed by atoms with Gasteiger partial charge in [-0.2, -0.15) is 11.8 Å². The molecule has 0 unspecified atom stereocenters. The predicted molar refractivity (Wildman–Crippen MR) is 112 cm³/mol. The van der Waals surface area contributed by atoms with Crippen molar-refractivity contribution in [2.24, 2.45) is 4.99 Å². The van der Waals surface area contributed by atoms with Crippen molar-refractivity contribution in [3.8, 4) is 0 Å². The highest BCUT2D eigenvalue weighted by molar-refractivity contribution is 7.99. The molecule has 0 atom stereocenters. The van der Waals surface area contributed by atoms with E-state index in [1.165, 1.54) is 19.4 Å². The van der Waals surface area contributed by atoms with Crippen LogP contribution in [0.25, 0.3) is 0 Å². The highest BCUT2D eigenvalue weighted by atomic mass is 32.2. The summed E-state index contributed by atoms with van der Waals surface area (Å²) in [6.45, 7) is 7.33. The monoisotopic (exact) mass is 405 g/mol. The fraction of sp³-hybridized carbons (Fsp3) is 0.941. The van der Waals surface area contributed by atoms with E-state index in [1.54, 1.807) is 11.4 Å². The Balaban J connectivity index is 1.68. The van der Waals surface area contributed by atoms with E-state index in [1.807, 2.05) is 11.8 Å². The van der Waals surface area contributed by atoms with E-state index in [-0.39, 0.29) is 5.75 Å². The average Bonchev–Trinajstić information content (AvgIpc) is 2.67. The lowest BCUT2D eigenvalue weighted by atomic mass is 10.0. The van der Waals surface area contributed by atoms with E-state index < -0.39 is 10.0 Å². The Morgan fingerprint density at radius 1 is 1.19 bits per heavy atom. The second-order valence-corrected chi connectivity index (χ2v) is 10.3. The molecule has 9 heteroatoms. The number of nitrogens with one attached hydrogen (secondary N) is 2. The zero-order chi connectivity index (χ0) is 18.8. The Morgan fingerprint density at radius 3 is 2.50 bits per heavy atom. The molecule has 7 nitrogen and oxygen atoms in total. The van der Waals surface area contributed by atoms with Gasteiger partial charge in [0.2, 0.25) is 10.0 Å². The molecule has 0 aromatic carbocycles. The lowest BCUT2D eigenvalue weighted by Gasteiger charge is -2.33. The minimum atomic E-state index is -3.17. The average molecular weight is 406 g/mol. The topological polar surface area (TPSA) is 77.0 Å². The van der Waals surface area contributed by atoms with Gasteiger partial charge in [-0.1, -0.05) is 13.3 Å². The largest absolute Gasteiger partial charge is 0.355 e. The molecule has 2 aliphatic heterocycles. The number of sulfonamides is 1. The highest BCUT2D eigenvalue weighted by Crippen LogP contribution is 2.13. The Morgan fingerprint density at radius 2 is 1.88 bits per heavy atom. The minimum Gasteiger partial charge on any atom is -0.355 e. The van der Waals surface area contributed by atoms with Crippen molar-refractivity contribution < 1.29 is 8.42 Å². The van der Waals surface area contributed by atoms with E-state index in [0.29, 0.717) is 31.6 Å². The van der Waals surface area contributed by atoms with Crippen molar-refractivity contribution in [2.45, 2.75) is 38.6 Å². The molecule has 0 bridgehead atoms. The molecule has 0 aromatic rings. The molecule has 2 rings (SSSR count). The third-order valence-corrected chi connectivity index (χ3v) is 7.81. The van der Waals surface area contributed by atoms with Crippen LogP contribution in [0.2, 0.25) is 0 Å². The number of thioether (sulfide) groups is 1. The van der Waals surface area contributed by atoms with Gasteiger partial charge in [-0.3, -0.25) is 4.99 Å². The first-order valence-electron chi connectivity index (χ1n) is 9.80. The Labute approximate surface area is 163 Å². The first-order valence-corrected chi connectivity index (χ1v) is 12.6. The summed E-state index contributed by atoms with van der Waals surface area (Å²) < 4.78 is 26.4. The standard InChI is InChI=1S/C17H35N5O2S2/c1-3-4-8-21-9-5-16(6-10-21)20-17(18-2)19-7-15-26(23,24)22-11-13-25-14-12-22/h16H,3-15H2,1-2H3,(H2,18,19,20). The number of guanidine groups is 1. The summed E-state index contributed by atoms with van der Waals surface area (Å²) in [5.41, 5.74) is 0. The second kappa shape index (κ2) is 11.4. The molecule has 2 aliphatic rings. The summed E-state index contributed by atoms with van der Waals surface area (Å²) >= 11 is 1.82. The Hall–Kier alpha value is -0.510. The molecule has 0 spiro atoms. The van der Waals surface area contributed by atoms with Crippen LogP contribution >= 0.6 is 11.8 Å². The molecular formula is C17H35N5O2S2. The van der Waals surface area contributed by atoms with Crippen LogP contribution in [0.5, 0.6) is 0 Å². The molecule has 152 valence electrons. The zero-order valence-corrected chi connectivity index (χ0v) is 17.9. The Bertz CT molecular complexity index is 527. The van der Waals surface area contributed by atoms with Crippen molar-refractivity contribution in [3.63, 3.8) is 0 Å². The summed E-state index contributed by atoms with van der Waals surface area (Å²) in [5.74, 6) is 2.62. The molecule has 0 aromatic heterocycles. The van der Waals surface area contributed by atoms with Gasteiger partial charge >= 0.3 is 0 Å². The first kappa shape index (κ1) is 21.8. The molecule has 0 amide bonds. The lowest BCUT2D eigenvalue weighted by Crippen LogP contribution is -2.50. The number of hydrogen-bond acceptors (Lipinski definition) is 5. The van der Waals surface area contributed by atoms with Crippen LogP contribution in [-0.4, -0.2) is 93.2 Å². The van der Waals surface area contributed by atoms with Crippen molar-refractivity contribution in [1.82, 2.24) is 19.8 Å². The zero-order valence-electron chi connectivity index (χ0n) is 16.2. The van der Waals surface area contributed by atoms with Gasteiger partial charge < -0.3 is 15.5 Å². The number of hydrogen-bond donors (Lipinski definition) is 2. The molecule has 0 radical (unpaired) electrons. The Kier molecular flexibility index (Phi) is 9.52. The molecule has 2 fully saturated rings. The van der Waals surface area contributed by atoms with Crippen molar-refractivity contribution in [3.05, 3.63) is 0 Å². The molecule has 2 saturated heterocycles. The van der Waals surface area contributed by atoms with Gasteiger partial charge in [-0.05, 0) is 25.8 Å². The van der Waals surface area contributed by atoms with Crippen molar-refractivity contribution in [1.29, 1.82) is 0 Å². The first-order chi connectivity index (χ1) is 12.5. The van der Waals surface area contributed by atoms with E-state index in [4.69, 9.17) is 0 Å². The third kappa shape index (κ3) is 7.25. The quantitative estimate of drug-likeness (QED) is 0.459. The molecule has 26 heavy (non-hydrogen) atoms. The van der Waals surface area contributed by atoms with Gasteiger partial charge in [0, 0.05) is 57.3 Å². The number of likely N-dealkylation sites (tertiary alicyclic amines) is 1. The number of nitrogens with zero attached hydrogens (tertiary/aromatic N) is 3. The van der Waals surface area contributed by atoms with Gasteiger partial charge in [-0.15, -0.1) is 0 Å². The van der Waals surface area contributed by atoms with E-state index >= 15 is 0 Å². The van der Waals surface area contributed by atoms with Crippen molar-refractivity contribution >= 4 is 27.7 Å². The predicted octanol–water partition coefficient (Wildman–Crippen LogP) is 0.795. The van der Waals surface area contributed by atoms with Gasteiger partial charge in [0.05, 0.1) is 5.75 Å². The van der Waals surface area contributed by atoms with Crippen molar-refractivity contribution in [2.75, 3.05) is 63.6 Å². The summed E-state index contributed by atoms with van der Waals surface area (Å²) in [6, 6.07) is 0.412. The molecule has 0 saturated carbocycles. The fourth-order valence-electron chi connectivity index (χ4n) is 3.32. The normalized spacial score (nSPS) is 21.7. The third-order valence-electron chi connectivity index (χ3n) is 5.00. The maximum atomic E-state index is 12.4. The number of unbranched alkanes of at least 4 members (excludes halogenated alkanes) is 1. The summed E-state index contributed by atoms with van der Waals surface area (Å²) in [4.78, 5) is 6.78. The summed E-state index contributed by atoms with van der Waals surface area (Å²) in [6.07, 6.45) is 4.72. The highest BCUT2D eigenvalue weighted by Gasteiger charge is 2.24. The molecule has 0 aliphatic carbocycles. The van der Waals surface area contributed by atoms with E-state index in [0.717, 1.165) is 37.4 Å². The minimum absolute atomic E-state index is 0.119. The number of rotatable bonds is 8. The van der Waals surface area contributed by atoms with Crippen LogP contribution in [-0.2, 0) is 10.0 Å². The second-order valence-electron chi connectivity index (χ2n) is 6.94. The van der Waals surface area contributed by atoms with Gasteiger partial charge in [0.1, 0.15) is 0 Å². The summed E-state index contributed by atoms with van der Waals surface area (Å²) in [5, 5.41) is 6.62. The fourth-order valence-corrected chi connectivity index (χ4v) is 5.81. The molecular weight excluding hydrogens is 370 g/mol. The van der Waals surface area contributed by atoms with E-state index in [2.05, 4.69) is 27.4 Å². The lowest BCUT2D eigenvalue weighted by molar-refractivity contribution is 0.203.